The van der Waals surface area contributed by atoms with Gasteiger partial charge in [-0.3, -0.25) is 0 Å². The molecule has 0 unspecified atom stereocenters. The molecule has 0 amide bonds. The van der Waals surface area contributed by atoms with Crippen molar-refractivity contribution in [3.05, 3.63) is 53.3 Å². The first-order valence-electron chi connectivity index (χ1n) is 7.30. The Morgan fingerprint density at radius 2 is 1.68 bits per heavy atom. The fourth-order valence-corrected chi connectivity index (χ4v) is 2.01. The Kier molecular flexibility index (Phi) is 6.61. The SMILES string of the molecule is CCOC(=O)C=C=C(C(=O)OCC)C(C)(C)c1ccccc1. The zero-order valence-corrected chi connectivity index (χ0v) is 13.5. The number of carbonyl (C=O) groups excluding carboxylic acids is 2. The molecule has 22 heavy (non-hydrogen) atoms. The zero-order chi connectivity index (χ0) is 16.6. The van der Waals surface area contributed by atoms with E-state index in [0.717, 1.165) is 11.6 Å². The predicted octanol–water partition coefficient (Wildman–Crippen LogP) is 3.17. The van der Waals surface area contributed by atoms with Crippen LogP contribution in [0.5, 0.6) is 0 Å². The number of esters is 2. The fourth-order valence-electron chi connectivity index (χ4n) is 2.01. The van der Waals surface area contributed by atoms with Gasteiger partial charge in [0, 0.05) is 5.41 Å². The number of carbonyl (C=O) groups is 2. The Bertz CT molecular complexity index is 578. The number of ether oxygens (including phenoxy) is 2. The zero-order valence-electron chi connectivity index (χ0n) is 13.5. The highest BCUT2D eigenvalue weighted by Crippen LogP contribution is 2.31. The van der Waals surface area contributed by atoms with Gasteiger partial charge in [0.05, 0.1) is 24.9 Å². The molecule has 0 saturated heterocycles. The lowest BCUT2D eigenvalue weighted by Crippen LogP contribution is -2.27. The number of benzene rings is 1. The maximum absolute atomic E-state index is 12.2. The first-order chi connectivity index (χ1) is 10.4. The Labute approximate surface area is 131 Å². The summed E-state index contributed by atoms with van der Waals surface area (Å²) < 4.78 is 9.92. The molecule has 1 rings (SSSR count). The van der Waals surface area contributed by atoms with Crippen LogP contribution < -0.4 is 0 Å². The topological polar surface area (TPSA) is 52.6 Å². The Morgan fingerprint density at radius 3 is 2.23 bits per heavy atom. The highest BCUT2D eigenvalue weighted by atomic mass is 16.5. The second kappa shape index (κ2) is 8.20. The van der Waals surface area contributed by atoms with Crippen LogP contribution in [0.25, 0.3) is 0 Å². The molecule has 0 radical (unpaired) electrons. The van der Waals surface area contributed by atoms with E-state index in [1.165, 1.54) is 0 Å². The monoisotopic (exact) mass is 302 g/mol. The highest BCUT2D eigenvalue weighted by Gasteiger charge is 2.31. The molecule has 0 heterocycles. The van der Waals surface area contributed by atoms with Crippen LogP contribution in [0.2, 0.25) is 0 Å². The Hall–Kier alpha value is -2.32. The maximum Gasteiger partial charge on any atom is 0.342 e. The lowest BCUT2D eigenvalue weighted by atomic mass is 9.78. The molecule has 1 aromatic rings. The van der Waals surface area contributed by atoms with Gasteiger partial charge in [0.15, 0.2) is 0 Å². The van der Waals surface area contributed by atoms with Gasteiger partial charge in [-0.05, 0) is 19.4 Å². The number of hydrogen-bond acceptors (Lipinski definition) is 4. The minimum Gasteiger partial charge on any atom is -0.462 e. The van der Waals surface area contributed by atoms with Crippen molar-refractivity contribution in [2.24, 2.45) is 0 Å². The van der Waals surface area contributed by atoms with Crippen LogP contribution in [-0.4, -0.2) is 25.2 Å². The lowest BCUT2D eigenvalue weighted by Gasteiger charge is -2.25. The predicted molar refractivity (Wildman–Crippen MR) is 84.3 cm³/mol. The molecule has 4 heteroatoms. The summed E-state index contributed by atoms with van der Waals surface area (Å²) in [7, 11) is 0. The van der Waals surface area contributed by atoms with Crippen LogP contribution in [0.3, 0.4) is 0 Å². The van der Waals surface area contributed by atoms with Gasteiger partial charge in [0.25, 0.3) is 0 Å². The summed E-state index contributed by atoms with van der Waals surface area (Å²) in [5, 5.41) is 0. The van der Waals surface area contributed by atoms with Crippen LogP contribution in [0.1, 0.15) is 33.3 Å². The molecule has 0 atom stereocenters. The molecule has 0 saturated carbocycles. The van der Waals surface area contributed by atoms with Gasteiger partial charge in [-0.2, -0.15) is 0 Å². The molecular formula is C18H22O4. The van der Waals surface area contributed by atoms with Crippen LogP contribution in [0.4, 0.5) is 0 Å². The lowest BCUT2D eigenvalue weighted by molar-refractivity contribution is -0.139. The molecule has 0 aromatic heterocycles. The summed E-state index contributed by atoms with van der Waals surface area (Å²) in [6.07, 6.45) is 1.14. The first kappa shape index (κ1) is 17.7. The van der Waals surface area contributed by atoms with Crippen LogP contribution in [0.15, 0.2) is 47.7 Å². The van der Waals surface area contributed by atoms with Crippen LogP contribution in [-0.2, 0) is 24.5 Å². The number of rotatable bonds is 6. The standard InChI is InChI=1S/C18H22O4/c1-5-21-16(19)13-12-15(17(20)22-6-2)18(3,4)14-10-8-7-9-11-14/h7-11,13H,5-6H2,1-4H3. The second-order valence-corrected chi connectivity index (χ2v) is 5.13. The Balaban J connectivity index is 3.29. The quantitative estimate of drug-likeness (QED) is 0.460. The molecule has 0 aliphatic rings. The molecule has 0 aliphatic heterocycles. The van der Waals surface area contributed by atoms with Gasteiger partial charge in [-0.25, -0.2) is 9.59 Å². The minimum atomic E-state index is -0.642. The first-order valence-corrected chi connectivity index (χ1v) is 7.30. The van der Waals surface area contributed by atoms with Crippen LogP contribution >= 0.6 is 0 Å². The van der Waals surface area contributed by atoms with Crippen molar-refractivity contribution in [1.29, 1.82) is 0 Å². The van der Waals surface area contributed by atoms with Gasteiger partial charge in [-0.15, -0.1) is 5.73 Å². The summed E-state index contributed by atoms with van der Waals surface area (Å²) in [6, 6.07) is 9.54. The molecular weight excluding hydrogens is 280 g/mol. The molecule has 0 aliphatic carbocycles. The molecule has 0 spiro atoms. The average Bonchev–Trinajstić information content (AvgIpc) is 2.48. The van der Waals surface area contributed by atoms with E-state index < -0.39 is 17.4 Å². The van der Waals surface area contributed by atoms with Crippen molar-refractivity contribution in [2.75, 3.05) is 13.2 Å². The smallest absolute Gasteiger partial charge is 0.342 e. The van der Waals surface area contributed by atoms with E-state index in [-0.39, 0.29) is 18.8 Å². The van der Waals surface area contributed by atoms with Gasteiger partial charge >= 0.3 is 11.9 Å². The molecule has 118 valence electrons. The molecule has 1 aromatic carbocycles. The highest BCUT2D eigenvalue weighted by molar-refractivity contribution is 5.92. The minimum absolute atomic E-state index is 0.258. The largest absolute Gasteiger partial charge is 0.462 e. The summed E-state index contributed by atoms with van der Waals surface area (Å²) in [5.41, 5.74) is 3.35. The van der Waals surface area contributed by atoms with E-state index in [1.54, 1.807) is 13.8 Å². The third kappa shape index (κ3) is 4.61. The van der Waals surface area contributed by atoms with E-state index in [9.17, 15) is 9.59 Å². The molecule has 0 bridgehead atoms. The van der Waals surface area contributed by atoms with Gasteiger partial charge in [0.1, 0.15) is 0 Å². The summed E-state index contributed by atoms with van der Waals surface area (Å²) in [4.78, 5) is 23.7. The van der Waals surface area contributed by atoms with E-state index in [0.29, 0.717) is 0 Å². The third-order valence-corrected chi connectivity index (χ3v) is 3.22. The molecule has 4 nitrogen and oxygen atoms in total. The number of hydrogen-bond donors (Lipinski definition) is 0. The van der Waals surface area contributed by atoms with Gasteiger partial charge < -0.3 is 9.47 Å². The summed E-state index contributed by atoms with van der Waals surface area (Å²) in [5.74, 6) is -1.02. The van der Waals surface area contributed by atoms with Crippen molar-refractivity contribution in [2.45, 2.75) is 33.1 Å². The van der Waals surface area contributed by atoms with Crippen molar-refractivity contribution in [1.82, 2.24) is 0 Å². The normalized spacial score (nSPS) is 10.4. The van der Waals surface area contributed by atoms with E-state index >= 15 is 0 Å². The van der Waals surface area contributed by atoms with Crippen molar-refractivity contribution >= 4 is 11.9 Å². The van der Waals surface area contributed by atoms with Crippen molar-refractivity contribution in [3.63, 3.8) is 0 Å². The average molecular weight is 302 g/mol. The van der Waals surface area contributed by atoms with Crippen molar-refractivity contribution in [3.8, 4) is 0 Å². The van der Waals surface area contributed by atoms with Gasteiger partial charge in [-0.1, -0.05) is 44.2 Å². The van der Waals surface area contributed by atoms with Crippen molar-refractivity contribution < 1.29 is 19.1 Å². The second-order valence-electron chi connectivity index (χ2n) is 5.13. The fraction of sp³-hybridized carbons (Fsp3) is 0.389. The third-order valence-electron chi connectivity index (χ3n) is 3.22. The maximum atomic E-state index is 12.2. The molecule has 0 fully saturated rings. The summed E-state index contributed by atoms with van der Waals surface area (Å²) in [6.45, 7) is 7.76. The summed E-state index contributed by atoms with van der Waals surface area (Å²) >= 11 is 0. The van der Waals surface area contributed by atoms with Gasteiger partial charge in [0.2, 0.25) is 0 Å². The van der Waals surface area contributed by atoms with E-state index in [2.05, 4.69) is 5.73 Å². The molecule has 0 N–H and O–H groups in total. The van der Waals surface area contributed by atoms with Crippen LogP contribution in [0, 0.1) is 0 Å². The Morgan fingerprint density at radius 1 is 1.09 bits per heavy atom. The van der Waals surface area contributed by atoms with E-state index in [4.69, 9.17) is 9.47 Å². The van der Waals surface area contributed by atoms with E-state index in [1.807, 2.05) is 44.2 Å².